The summed E-state index contributed by atoms with van der Waals surface area (Å²) in [6, 6.07) is 83.0. The van der Waals surface area contributed by atoms with Crippen LogP contribution in [0, 0.1) is 0 Å². The molecule has 4 nitrogen and oxygen atoms in total. The summed E-state index contributed by atoms with van der Waals surface area (Å²) in [7, 11) is 0. The highest BCUT2D eigenvalue weighted by Gasteiger charge is 2.17. The third-order valence-electron chi connectivity index (χ3n) is 12.4. The number of nitrogens with zero attached hydrogens (tertiary/aromatic N) is 3. The predicted octanol–water partition coefficient (Wildman–Crippen LogP) is 16.3. The Hall–Kier alpha value is -8.73. The minimum Gasteiger partial charge on any atom is -0.456 e. The largest absolute Gasteiger partial charge is 0.456 e. The predicted molar refractivity (Wildman–Crippen MR) is 268 cm³/mol. The number of fused-ring (bicyclic) bond motifs is 4. The number of para-hydroxylation sites is 1. The van der Waals surface area contributed by atoms with Crippen molar-refractivity contribution in [1.29, 1.82) is 0 Å². The maximum absolute atomic E-state index is 6.25. The van der Waals surface area contributed by atoms with Gasteiger partial charge in [0, 0.05) is 27.5 Å². The molecule has 0 fully saturated rings. The SMILES string of the molecule is c1ccc(-c2cccc(-c3nc(-c4ccc(-c5ccc(-c6cccc(-c7ccc8c(c7)oc7ccccc78)c6)c6ccccc56)cc4)nc(-c4ccccc4-c4ccccc4)n3)c2)cc1. The molecule has 0 atom stereocenters. The van der Waals surface area contributed by atoms with E-state index >= 15 is 0 Å². The lowest BCUT2D eigenvalue weighted by Crippen LogP contribution is -2.01. The molecule has 0 aliphatic heterocycles. The summed E-state index contributed by atoms with van der Waals surface area (Å²) in [6.45, 7) is 0. The Morgan fingerprint density at radius 2 is 0.662 bits per heavy atom. The van der Waals surface area contributed by atoms with Crippen LogP contribution in [0.25, 0.3) is 123 Å². The van der Waals surface area contributed by atoms with Gasteiger partial charge in [0.15, 0.2) is 17.5 Å². The van der Waals surface area contributed by atoms with E-state index in [1.165, 1.54) is 16.3 Å². The van der Waals surface area contributed by atoms with Crippen LogP contribution in [0.1, 0.15) is 0 Å². The third-order valence-corrected chi connectivity index (χ3v) is 12.4. The van der Waals surface area contributed by atoms with E-state index in [4.69, 9.17) is 19.4 Å². The number of hydrogen-bond donors (Lipinski definition) is 0. The van der Waals surface area contributed by atoms with E-state index in [1.807, 2.05) is 30.3 Å². The second-order valence-electron chi connectivity index (χ2n) is 16.3. The first-order chi connectivity index (χ1) is 32.2. The van der Waals surface area contributed by atoms with Crippen molar-refractivity contribution in [2.75, 3.05) is 0 Å². The fourth-order valence-corrected chi connectivity index (χ4v) is 9.14. The van der Waals surface area contributed by atoms with Crippen molar-refractivity contribution in [3.05, 3.63) is 237 Å². The molecule has 0 spiro atoms. The lowest BCUT2D eigenvalue weighted by molar-refractivity contribution is 0.669. The van der Waals surface area contributed by atoms with Gasteiger partial charge in [-0.1, -0.05) is 206 Å². The highest BCUT2D eigenvalue weighted by atomic mass is 16.3. The van der Waals surface area contributed by atoms with Gasteiger partial charge in [-0.05, 0) is 96.7 Å². The zero-order valence-corrected chi connectivity index (χ0v) is 35.3. The molecule has 4 heteroatoms. The van der Waals surface area contributed by atoms with Crippen LogP contribution in [-0.4, -0.2) is 15.0 Å². The second kappa shape index (κ2) is 16.2. The van der Waals surface area contributed by atoms with Crippen LogP contribution in [0.15, 0.2) is 241 Å². The van der Waals surface area contributed by atoms with Gasteiger partial charge in [0.25, 0.3) is 0 Å². The number of rotatable bonds is 8. The molecule has 0 N–H and O–H groups in total. The molecule has 304 valence electrons. The Balaban J connectivity index is 0.918. The summed E-state index contributed by atoms with van der Waals surface area (Å²) in [6.07, 6.45) is 0. The smallest absolute Gasteiger partial charge is 0.164 e. The van der Waals surface area contributed by atoms with Crippen LogP contribution in [0.3, 0.4) is 0 Å². The van der Waals surface area contributed by atoms with Gasteiger partial charge in [-0.3, -0.25) is 0 Å². The Bertz CT molecular complexity index is 3710. The minimum absolute atomic E-state index is 0.615. The molecule has 0 unspecified atom stereocenters. The second-order valence-corrected chi connectivity index (χ2v) is 16.3. The van der Waals surface area contributed by atoms with Gasteiger partial charge in [-0.25, -0.2) is 15.0 Å². The Kier molecular flexibility index (Phi) is 9.46. The van der Waals surface area contributed by atoms with Crippen molar-refractivity contribution in [3.8, 4) is 89.8 Å². The maximum Gasteiger partial charge on any atom is 0.164 e. The van der Waals surface area contributed by atoms with E-state index in [0.717, 1.165) is 88.7 Å². The monoisotopic (exact) mass is 829 g/mol. The van der Waals surface area contributed by atoms with E-state index in [-0.39, 0.29) is 0 Å². The van der Waals surface area contributed by atoms with Crippen molar-refractivity contribution in [1.82, 2.24) is 15.0 Å². The van der Waals surface area contributed by atoms with Crippen LogP contribution < -0.4 is 0 Å². The first-order valence-corrected chi connectivity index (χ1v) is 21.9. The fraction of sp³-hybridized carbons (Fsp3) is 0. The molecule has 65 heavy (non-hydrogen) atoms. The zero-order valence-electron chi connectivity index (χ0n) is 35.3. The lowest BCUT2D eigenvalue weighted by atomic mass is 9.90. The first kappa shape index (κ1) is 38.0. The molecular formula is C61H39N3O. The molecule has 0 amide bonds. The fourth-order valence-electron chi connectivity index (χ4n) is 9.14. The number of hydrogen-bond acceptors (Lipinski definition) is 4. The normalized spacial score (nSPS) is 11.4. The maximum atomic E-state index is 6.25. The average Bonchev–Trinajstić information content (AvgIpc) is 3.77. The topological polar surface area (TPSA) is 51.8 Å². The summed E-state index contributed by atoms with van der Waals surface area (Å²) in [5.41, 5.74) is 15.9. The highest BCUT2D eigenvalue weighted by molar-refractivity contribution is 6.07. The van der Waals surface area contributed by atoms with Gasteiger partial charge in [-0.15, -0.1) is 0 Å². The van der Waals surface area contributed by atoms with Crippen molar-refractivity contribution in [2.45, 2.75) is 0 Å². The Labute approximate surface area is 376 Å². The summed E-state index contributed by atoms with van der Waals surface area (Å²) in [5, 5.41) is 4.65. The van der Waals surface area contributed by atoms with Crippen molar-refractivity contribution < 1.29 is 4.42 Å². The van der Waals surface area contributed by atoms with Gasteiger partial charge >= 0.3 is 0 Å². The number of aromatic nitrogens is 3. The van der Waals surface area contributed by atoms with Gasteiger partial charge in [0.1, 0.15) is 11.2 Å². The summed E-state index contributed by atoms with van der Waals surface area (Å²) in [5.74, 6) is 1.86. The van der Waals surface area contributed by atoms with E-state index in [9.17, 15) is 0 Å². The van der Waals surface area contributed by atoms with Crippen molar-refractivity contribution in [3.63, 3.8) is 0 Å². The minimum atomic E-state index is 0.615. The van der Waals surface area contributed by atoms with Crippen LogP contribution in [0.2, 0.25) is 0 Å². The van der Waals surface area contributed by atoms with Gasteiger partial charge in [0.2, 0.25) is 0 Å². The highest BCUT2D eigenvalue weighted by Crippen LogP contribution is 2.39. The van der Waals surface area contributed by atoms with Crippen molar-refractivity contribution >= 4 is 32.7 Å². The molecule has 2 aromatic heterocycles. The zero-order chi connectivity index (χ0) is 43.1. The van der Waals surface area contributed by atoms with Crippen LogP contribution in [-0.2, 0) is 0 Å². The Morgan fingerprint density at radius 3 is 1.40 bits per heavy atom. The molecule has 2 heterocycles. The molecule has 0 bridgehead atoms. The third kappa shape index (κ3) is 7.13. The molecular weight excluding hydrogens is 791 g/mol. The first-order valence-electron chi connectivity index (χ1n) is 21.9. The summed E-state index contributed by atoms with van der Waals surface area (Å²) < 4.78 is 6.25. The van der Waals surface area contributed by atoms with Gasteiger partial charge < -0.3 is 4.42 Å². The van der Waals surface area contributed by atoms with Crippen LogP contribution >= 0.6 is 0 Å². The molecule has 0 saturated carbocycles. The number of benzene rings is 10. The average molecular weight is 830 g/mol. The van der Waals surface area contributed by atoms with E-state index in [1.54, 1.807) is 0 Å². The summed E-state index contributed by atoms with van der Waals surface area (Å²) >= 11 is 0. The molecule has 0 aliphatic carbocycles. The Morgan fingerprint density at radius 1 is 0.215 bits per heavy atom. The molecule has 10 aromatic carbocycles. The van der Waals surface area contributed by atoms with E-state index in [0.29, 0.717) is 17.5 Å². The standard InChI is InChI=1S/C61H39N3O/c1-3-15-40(16-4-1)44-19-14-22-48(38-44)60-62-59(63-61(64-60)56-27-10-7-23-49(56)41-17-5-2-6-18-41)43-31-29-42(30-32-43)50-35-36-51(53-25-9-8-24-52(50)53)47-21-13-20-45(37-47)46-33-34-55-54-26-11-12-28-57(54)65-58(55)39-46/h1-39H. The number of furan rings is 1. The summed E-state index contributed by atoms with van der Waals surface area (Å²) in [4.78, 5) is 15.5. The van der Waals surface area contributed by atoms with E-state index in [2.05, 4.69) is 206 Å². The molecule has 12 rings (SSSR count). The molecule has 0 radical (unpaired) electrons. The van der Waals surface area contributed by atoms with Gasteiger partial charge in [-0.2, -0.15) is 0 Å². The molecule has 0 aliphatic rings. The quantitative estimate of drug-likeness (QED) is 0.153. The molecule has 0 saturated heterocycles. The van der Waals surface area contributed by atoms with Crippen LogP contribution in [0.4, 0.5) is 0 Å². The van der Waals surface area contributed by atoms with Crippen molar-refractivity contribution in [2.24, 2.45) is 0 Å². The van der Waals surface area contributed by atoms with Crippen LogP contribution in [0.5, 0.6) is 0 Å². The van der Waals surface area contributed by atoms with E-state index < -0.39 is 0 Å². The molecule has 12 aromatic rings. The lowest BCUT2D eigenvalue weighted by Gasteiger charge is -2.14. The van der Waals surface area contributed by atoms with Gasteiger partial charge in [0.05, 0.1) is 0 Å².